The third-order valence-corrected chi connectivity index (χ3v) is 2.13. The van der Waals surface area contributed by atoms with Crippen LogP contribution in [0, 0.1) is 0 Å². The van der Waals surface area contributed by atoms with Crippen molar-refractivity contribution in [2.75, 3.05) is 28.2 Å². The number of nitrogens with zero attached hydrogens (tertiary/aromatic N) is 2. The molecule has 3 heteroatoms. The van der Waals surface area contributed by atoms with Crippen molar-refractivity contribution in [3.63, 3.8) is 0 Å². The molecule has 0 spiro atoms. The minimum Gasteiger partial charge on any atom is -0.294 e. The second kappa shape index (κ2) is 4.69. The van der Waals surface area contributed by atoms with Gasteiger partial charge in [-0.2, -0.15) is 0 Å². The first-order valence-electron chi connectivity index (χ1n) is 3.92. The lowest BCUT2D eigenvalue weighted by Gasteiger charge is -2.30. The summed E-state index contributed by atoms with van der Waals surface area (Å²) in [6.45, 7) is 3.97. The third kappa shape index (κ3) is 4.34. The molecule has 0 heterocycles. The highest BCUT2D eigenvalue weighted by Gasteiger charge is 2.12. The molecule has 0 rings (SSSR count). The van der Waals surface area contributed by atoms with Gasteiger partial charge in [-0.05, 0) is 34.6 Å². The van der Waals surface area contributed by atoms with E-state index < -0.39 is 0 Å². The summed E-state index contributed by atoms with van der Waals surface area (Å²) in [5.74, 6) is 0. The van der Waals surface area contributed by atoms with Gasteiger partial charge in [0, 0.05) is 10.2 Å². The summed E-state index contributed by atoms with van der Waals surface area (Å²) in [5.41, 5.74) is 0. The Morgan fingerprint density at radius 2 is 1.64 bits per heavy atom. The summed E-state index contributed by atoms with van der Waals surface area (Å²) < 4.78 is 0. The lowest BCUT2D eigenvalue weighted by atomic mass is 10.3. The van der Waals surface area contributed by atoms with Crippen LogP contribution in [-0.4, -0.2) is 54.4 Å². The van der Waals surface area contributed by atoms with Crippen molar-refractivity contribution in [2.24, 2.45) is 0 Å². The van der Waals surface area contributed by atoms with Crippen LogP contribution in [-0.2, 0) is 0 Å². The van der Waals surface area contributed by atoms with E-state index in [-0.39, 0.29) is 0 Å². The van der Waals surface area contributed by atoms with Crippen LogP contribution in [0.15, 0.2) is 11.8 Å². The standard InChI is InChI=1S/C8H20N2Si/c1-7(11)6-8(9(2)3)10(4)5/h8H,1,6H2,2-5,11H3. The van der Waals surface area contributed by atoms with Gasteiger partial charge in [0.1, 0.15) is 0 Å². The van der Waals surface area contributed by atoms with Crippen LogP contribution in [0.3, 0.4) is 0 Å². The van der Waals surface area contributed by atoms with Gasteiger partial charge in [0.2, 0.25) is 0 Å². The average Bonchev–Trinajstić information content (AvgIpc) is 1.81. The number of rotatable bonds is 4. The van der Waals surface area contributed by atoms with Gasteiger partial charge < -0.3 is 0 Å². The second-order valence-corrected chi connectivity index (χ2v) is 4.98. The van der Waals surface area contributed by atoms with Gasteiger partial charge in [0.15, 0.2) is 0 Å². The summed E-state index contributed by atoms with van der Waals surface area (Å²) in [4.78, 5) is 4.45. The predicted octanol–water partition coefficient (Wildman–Crippen LogP) is -0.295. The predicted molar refractivity (Wildman–Crippen MR) is 54.9 cm³/mol. The Hall–Kier alpha value is -0.123. The fourth-order valence-corrected chi connectivity index (χ4v) is 1.50. The van der Waals surface area contributed by atoms with Crippen molar-refractivity contribution in [1.29, 1.82) is 0 Å². The van der Waals surface area contributed by atoms with Crippen LogP contribution in [0.25, 0.3) is 0 Å². The Morgan fingerprint density at radius 1 is 1.27 bits per heavy atom. The van der Waals surface area contributed by atoms with Crippen LogP contribution in [0.5, 0.6) is 0 Å². The molecule has 11 heavy (non-hydrogen) atoms. The van der Waals surface area contributed by atoms with E-state index >= 15 is 0 Å². The zero-order chi connectivity index (χ0) is 9.02. The second-order valence-electron chi connectivity index (χ2n) is 3.57. The molecule has 0 saturated heterocycles. The molecule has 0 aliphatic rings. The van der Waals surface area contributed by atoms with Crippen LogP contribution in [0.4, 0.5) is 0 Å². The highest BCUT2D eigenvalue weighted by molar-refractivity contribution is 6.21. The van der Waals surface area contributed by atoms with E-state index in [0.29, 0.717) is 6.17 Å². The molecule has 0 radical (unpaired) electrons. The maximum atomic E-state index is 3.97. The topological polar surface area (TPSA) is 6.48 Å². The maximum Gasteiger partial charge on any atom is 0.0646 e. The smallest absolute Gasteiger partial charge is 0.0646 e. The molecule has 0 aromatic heterocycles. The minimum atomic E-state index is 0.514. The lowest BCUT2D eigenvalue weighted by Crippen LogP contribution is -2.40. The monoisotopic (exact) mass is 172 g/mol. The molecule has 0 atom stereocenters. The summed E-state index contributed by atoms with van der Waals surface area (Å²) in [7, 11) is 9.54. The van der Waals surface area contributed by atoms with Crippen LogP contribution < -0.4 is 0 Å². The zero-order valence-corrected chi connectivity index (χ0v) is 10.4. The van der Waals surface area contributed by atoms with E-state index in [2.05, 4.69) is 44.6 Å². The lowest BCUT2D eigenvalue weighted by molar-refractivity contribution is 0.131. The Morgan fingerprint density at radius 3 is 1.73 bits per heavy atom. The maximum absolute atomic E-state index is 3.97. The largest absolute Gasteiger partial charge is 0.294 e. The molecule has 66 valence electrons. The molecule has 0 aliphatic heterocycles. The first kappa shape index (κ1) is 10.9. The van der Waals surface area contributed by atoms with Gasteiger partial charge in [-0.15, -0.1) is 6.58 Å². The Bertz CT molecular complexity index is 124. The van der Waals surface area contributed by atoms with E-state index in [1.54, 1.807) is 0 Å². The van der Waals surface area contributed by atoms with Crippen molar-refractivity contribution < 1.29 is 0 Å². The van der Waals surface area contributed by atoms with Gasteiger partial charge in [-0.3, -0.25) is 9.80 Å². The molecule has 0 amide bonds. The van der Waals surface area contributed by atoms with E-state index in [1.807, 2.05) is 0 Å². The van der Waals surface area contributed by atoms with Gasteiger partial charge in [0.05, 0.1) is 6.17 Å². The zero-order valence-electron chi connectivity index (χ0n) is 8.39. The minimum absolute atomic E-state index is 0.514. The molecular weight excluding hydrogens is 152 g/mol. The van der Waals surface area contributed by atoms with Crippen LogP contribution >= 0.6 is 0 Å². The molecule has 0 saturated carbocycles. The fourth-order valence-electron chi connectivity index (χ4n) is 1.14. The summed E-state index contributed by atoms with van der Waals surface area (Å²) in [6, 6.07) is 0. The molecule has 0 unspecified atom stereocenters. The Labute approximate surface area is 73.3 Å². The van der Waals surface area contributed by atoms with Gasteiger partial charge in [-0.1, -0.05) is 5.20 Å². The van der Waals surface area contributed by atoms with Crippen LogP contribution in [0.1, 0.15) is 6.42 Å². The summed E-state index contributed by atoms with van der Waals surface area (Å²) >= 11 is 0. The van der Waals surface area contributed by atoms with Crippen molar-refractivity contribution in [3.05, 3.63) is 11.8 Å². The fraction of sp³-hybridized carbons (Fsp3) is 0.750. The van der Waals surface area contributed by atoms with E-state index in [1.165, 1.54) is 5.20 Å². The Balaban J connectivity index is 4.00. The van der Waals surface area contributed by atoms with Crippen molar-refractivity contribution in [1.82, 2.24) is 9.80 Å². The Kier molecular flexibility index (Phi) is 4.64. The van der Waals surface area contributed by atoms with Gasteiger partial charge >= 0.3 is 0 Å². The highest BCUT2D eigenvalue weighted by atomic mass is 28.1. The third-order valence-electron chi connectivity index (χ3n) is 1.72. The summed E-state index contributed by atoms with van der Waals surface area (Å²) in [5, 5.41) is 1.37. The molecule has 0 aromatic carbocycles. The number of hydrogen-bond donors (Lipinski definition) is 0. The van der Waals surface area contributed by atoms with Crippen molar-refractivity contribution >= 4 is 10.2 Å². The quantitative estimate of drug-likeness (QED) is 0.424. The van der Waals surface area contributed by atoms with Crippen molar-refractivity contribution in [3.8, 4) is 0 Å². The molecule has 0 aromatic rings. The molecule has 0 aliphatic carbocycles. The van der Waals surface area contributed by atoms with Crippen LogP contribution in [0.2, 0.25) is 0 Å². The molecule has 0 N–H and O–H groups in total. The average molecular weight is 172 g/mol. The molecule has 2 nitrogen and oxygen atoms in total. The van der Waals surface area contributed by atoms with Crippen molar-refractivity contribution in [2.45, 2.75) is 12.6 Å². The summed E-state index contributed by atoms with van der Waals surface area (Å²) in [6.07, 6.45) is 1.62. The van der Waals surface area contributed by atoms with Gasteiger partial charge in [-0.25, -0.2) is 0 Å². The van der Waals surface area contributed by atoms with E-state index in [4.69, 9.17) is 0 Å². The first-order valence-corrected chi connectivity index (χ1v) is 4.92. The molecule has 0 fully saturated rings. The molecular formula is C8H20N2Si. The van der Waals surface area contributed by atoms with E-state index in [0.717, 1.165) is 16.7 Å². The normalized spacial score (nSPS) is 11.9. The van der Waals surface area contributed by atoms with Gasteiger partial charge in [0.25, 0.3) is 0 Å². The SMILES string of the molecule is C=C([SiH3])CC(N(C)C)N(C)C. The molecule has 0 bridgehead atoms. The first-order chi connectivity index (χ1) is 4.95. The highest BCUT2D eigenvalue weighted by Crippen LogP contribution is 2.06. The number of hydrogen-bond acceptors (Lipinski definition) is 2. The van der Waals surface area contributed by atoms with E-state index in [9.17, 15) is 0 Å².